The minimum Gasteiger partial charge on any atom is -0.295 e. The van der Waals surface area contributed by atoms with E-state index in [1.807, 2.05) is 0 Å². The standard InChI is InChI=1S/C12H9F3N4OS/c1-7(20)19-21-10-6-9(12(13,14)15)17-11(18-10)8-4-2-3-5-16-8/h2-6H,1H3,(H,19,20). The molecule has 0 aliphatic carbocycles. The zero-order chi connectivity index (χ0) is 15.5. The van der Waals surface area contributed by atoms with E-state index in [1.54, 1.807) is 12.1 Å². The summed E-state index contributed by atoms with van der Waals surface area (Å²) in [5.41, 5.74) is -0.876. The van der Waals surface area contributed by atoms with E-state index in [9.17, 15) is 18.0 Å². The number of hydrogen-bond donors (Lipinski definition) is 1. The highest BCUT2D eigenvalue weighted by molar-refractivity contribution is 7.97. The Bertz CT molecular complexity index is 649. The Balaban J connectivity index is 2.45. The van der Waals surface area contributed by atoms with Gasteiger partial charge in [-0.2, -0.15) is 13.2 Å². The molecule has 1 amide bonds. The highest BCUT2D eigenvalue weighted by Crippen LogP contribution is 2.30. The second-order valence-corrected chi connectivity index (χ2v) is 4.71. The molecule has 0 saturated heterocycles. The van der Waals surface area contributed by atoms with Crippen LogP contribution in [0.25, 0.3) is 11.5 Å². The molecular weight excluding hydrogens is 305 g/mol. The van der Waals surface area contributed by atoms with Crippen LogP contribution in [0.4, 0.5) is 13.2 Å². The van der Waals surface area contributed by atoms with E-state index < -0.39 is 17.8 Å². The van der Waals surface area contributed by atoms with Gasteiger partial charge in [0, 0.05) is 31.1 Å². The van der Waals surface area contributed by atoms with Crippen molar-refractivity contribution in [2.75, 3.05) is 0 Å². The lowest BCUT2D eigenvalue weighted by Crippen LogP contribution is -2.13. The van der Waals surface area contributed by atoms with E-state index in [2.05, 4.69) is 19.7 Å². The van der Waals surface area contributed by atoms with Gasteiger partial charge >= 0.3 is 6.18 Å². The first-order valence-electron chi connectivity index (χ1n) is 5.67. The van der Waals surface area contributed by atoms with Crippen LogP contribution in [0.1, 0.15) is 12.6 Å². The summed E-state index contributed by atoms with van der Waals surface area (Å²) >= 11 is 0.689. The van der Waals surface area contributed by atoms with Crippen LogP contribution < -0.4 is 4.72 Å². The molecule has 5 nitrogen and oxygen atoms in total. The van der Waals surface area contributed by atoms with Crippen molar-refractivity contribution >= 4 is 17.9 Å². The van der Waals surface area contributed by atoms with Crippen molar-refractivity contribution < 1.29 is 18.0 Å². The topological polar surface area (TPSA) is 67.8 Å². The fourth-order valence-electron chi connectivity index (χ4n) is 1.36. The molecule has 0 atom stereocenters. The van der Waals surface area contributed by atoms with Crippen LogP contribution in [0, 0.1) is 0 Å². The van der Waals surface area contributed by atoms with Crippen LogP contribution in [0.3, 0.4) is 0 Å². The van der Waals surface area contributed by atoms with Crippen LogP contribution in [-0.4, -0.2) is 20.9 Å². The van der Waals surface area contributed by atoms with Gasteiger partial charge in [-0.15, -0.1) is 0 Å². The average molecular weight is 314 g/mol. The zero-order valence-corrected chi connectivity index (χ0v) is 11.5. The lowest BCUT2D eigenvalue weighted by atomic mass is 10.3. The predicted octanol–water partition coefficient (Wildman–Crippen LogP) is 2.70. The number of nitrogens with one attached hydrogen (secondary N) is 1. The third-order valence-corrected chi connectivity index (χ3v) is 2.99. The van der Waals surface area contributed by atoms with E-state index in [0.717, 1.165) is 6.07 Å². The maximum absolute atomic E-state index is 12.9. The number of rotatable bonds is 3. The van der Waals surface area contributed by atoms with Gasteiger partial charge in [0.15, 0.2) is 5.82 Å². The van der Waals surface area contributed by atoms with Gasteiger partial charge in [-0.3, -0.25) is 14.5 Å². The summed E-state index contributed by atoms with van der Waals surface area (Å²) in [6.07, 6.45) is -3.18. The van der Waals surface area contributed by atoms with Crippen LogP contribution in [0.5, 0.6) is 0 Å². The maximum atomic E-state index is 12.9. The molecule has 0 aromatic carbocycles. The number of hydrogen-bond acceptors (Lipinski definition) is 5. The minimum atomic E-state index is -4.61. The molecule has 0 spiro atoms. The summed E-state index contributed by atoms with van der Waals surface area (Å²) in [6.45, 7) is 1.25. The summed E-state index contributed by atoms with van der Waals surface area (Å²) in [5, 5.41) is -0.0202. The molecule has 0 fully saturated rings. The Morgan fingerprint density at radius 1 is 1.29 bits per heavy atom. The lowest BCUT2D eigenvalue weighted by Gasteiger charge is -2.09. The van der Waals surface area contributed by atoms with Gasteiger partial charge in [0.1, 0.15) is 16.4 Å². The van der Waals surface area contributed by atoms with Gasteiger partial charge in [-0.25, -0.2) is 9.97 Å². The number of pyridine rings is 1. The Kier molecular flexibility index (Phi) is 4.41. The first-order chi connectivity index (χ1) is 9.86. The second kappa shape index (κ2) is 6.08. The van der Waals surface area contributed by atoms with Crippen molar-refractivity contribution in [3.8, 4) is 11.5 Å². The quantitative estimate of drug-likeness (QED) is 0.697. The highest BCUT2D eigenvalue weighted by atomic mass is 32.2. The van der Waals surface area contributed by atoms with Crippen LogP contribution >= 0.6 is 11.9 Å². The van der Waals surface area contributed by atoms with Crippen molar-refractivity contribution in [1.29, 1.82) is 0 Å². The van der Waals surface area contributed by atoms with Gasteiger partial charge in [0.2, 0.25) is 5.91 Å². The number of aromatic nitrogens is 3. The van der Waals surface area contributed by atoms with Crippen LogP contribution in [0.15, 0.2) is 35.5 Å². The average Bonchev–Trinajstić information content (AvgIpc) is 2.45. The molecule has 0 unspecified atom stereocenters. The van der Waals surface area contributed by atoms with Crippen molar-refractivity contribution in [3.63, 3.8) is 0 Å². The molecule has 21 heavy (non-hydrogen) atoms. The molecule has 0 saturated carbocycles. The minimum absolute atomic E-state index is 0.0202. The van der Waals surface area contributed by atoms with E-state index in [1.165, 1.54) is 19.2 Å². The molecule has 2 aromatic rings. The Hall–Kier alpha value is -2.16. The Labute approximate surface area is 122 Å². The predicted molar refractivity (Wildman–Crippen MR) is 69.9 cm³/mol. The first kappa shape index (κ1) is 15.2. The molecule has 0 radical (unpaired) electrons. The van der Waals surface area contributed by atoms with Gasteiger partial charge < -0.3 is 0 Å². The molecule has 9 heteroatoms. The van der Waals surface area contributed by atoms with E-state index >= 15 is 0 Å². The fourth-order valence-corrected chi connectivity index (χ4v) is 1.91. The third kappa shape index (κ3) is 4.15. The normalized spacial score (nSPS) is 11.2. The summed E-state index contributed by atoms with van der Waals surface area (Å²) in [7, 11) is 0. The molecule has 110 valence electrons. The van der Waals surface area contributed by atoms with Gasteiger partial charge in [-0.1, -0.05) is 6.07 Å². The third-order valence-electron chi connectivity index (χ3n) is 2.19. The molecule has 0 bridgehead atoms. The molecule has 2 rings (SSSR count). The van der Waals surface area contributed by atoms with Crippen molar-refractivity contribution in [1.82, 2.24) is 19.7 Å². The van der Waals surface area contributed by atoms with Gasteiger partial charge in [-0.05, 0) is 12.1 Å². The molecule has 1 N–H and O–H groups in total. The van der Waals surface area contributed by atoms with E-state index in [-0.39, 0.29) is 16.5 Å². The zero-order valence-electron chi connectivity index (χ0n) is 10.7. The summed E-state index contributed by atoms with van der Waals surface area (Å²) in [5.74, 6) is -0.551. The highest BCUT2D eigenvalue weighted by Gasteiger charge is 2.34. The van der Waals surface area contributed by atoms with E-state index in [0.29, 0.717) is 11.9 Å². The molecule has 2 heterocycles. The van der Waals surface area contributed by atoms with Crippen molar-refractivity contribution in [3.05, 3.63) is 36.2 Å². The number of halogens is 3. The SMILES string of the molecule is CC(=O)NSc1cc(C(F)(F)F)nc(-c2ccccn2)n1. The summed E-state index contributed by atoms with van der Waals surface area (Å²) in [4.78, 5) is 22.2. The smallest absolute Gasteiger partial charge is 0.295 e. The van der Waals surface area contributed by atoms with Crippen molar-refractivity contribution in [2.45, 2.75) is 18.1 Å². The number of nitrogens with zero attached hydrogens (tertiary/aromatic N) is 3. The number of alkyl halides is 3. The van der Waals surface area contributed by atoms with Crippen molar-refractivity contribution in [2.24, 2.45) is 0 Å². The molecular formula is C12H9F3N4OS. The molecule has 0 aliphatic heterocycles. The Morgan fingerprint density at radius 2 is 2.05 bits per heavy atom. The Morgan fingerprint density at radius 3 is 2.62 bits per heavy atom. The first-order valence-corrected chi connectivity index (χ1v) is 6.49. The summed E-state index contributed by atoms with van der Waals surface area (Å²) < 4.78 is 40.9. The number of carbonyl (C=O) groups is 1. The van der Waals surface area contributed by atoms with Crippen LogP contribution in [0.2, 0.25) is 0 Å². The molecule has 2 aromatic heterocycles. The maximum Gasteiger partial charge on any atom is 0.433 e. The summed E-state index contributed by atoms with van der Waals surface area (Å²) in [6, 6.07) is 5.52. The molecule has 0 aliphatic rings. The monoisotopic (exact) mass is 314 g/mol. The second-order valence-electron chi connectivity index (χ2n) is 3.89. The van der Waals surface area contributed by atoms with Gasteiger partial charge in [0.25, 0.3) is 0 Å². The van der Waals surface area contributed by atoms with Gasteiger partial charge in [0.05, 0.1) is 0 Å². The van der Waals surface area contributed by atoms with Crippen LogP contribution in [-0.2, 0) is 11.0 Å². The number of amides is 1. The lowest BCUT2D eigenvalue weighted by molar-refractivity contribution is -0.141. The largest absolute Gasteiger partial charge is 0.433 e. The number of carbonyl (C=O) groups excluding carboxylic acids is 1. The van der Waals surface area contributed by atoms with E-state index in [4.69, 9.17) is 0 Å². The fraction of sp³-hybridized carbons (Fsp3) is 0.167.